The van der Waals surface area contributed by atoms with Crippen LogP contribution in [0.25, 0.3) is 0 Å². The highest BCUT2D eigenvalue weighted by Gasteiger charge is 2.10. The molecule has 0 heterocycles. The van der Waals surface area contributed by atoms with E-state index in [1.165, 1.54) is 36.8 Å². The summed E-state index contributed by atoms with van der Waals surface area (Å²) in [6.07, 6.45) is 5.37. The van der Waals surface area contributed by atoms with Gasteiger partial charge in [0, 0.05) is 0 Å². The Labute approximate surface area is 136 Å². The summed E-state index contributed by atoms with van der Waals surface area (Å²) in [4.78, 5) is 0. The van der Waals surface area contributed by atoms with Crippen molar-refractivity contribution >= 4 is 0 Å². The fourth-order valence-corrected chi connectivity index (χ4v) is 2.95. The Morgan fingerprint density at radius 2 is 1.23 bits per heavy atom. The first-order valence-corrected chi connectivity index (χ1v) is 8.74. The molecule has 0 aromatic heterocycles. The van der Waals surface area contributed by atoms with Crippen LogP contribution in [0, 0.1) is 0 Å². The van der Waals surface area contributed by atoms with Gasteiger partial charge in [-0.1, -0.05) is 76.2 Å². The summed E-state index contributed by atoms with van der Waals surface area (Å²) < 4.78 is 0. The van der Waals surface area contributed by atoms with Crippen LogP contribution in [0.1, 0.15) is 74.6 Å². The van der Waals surface area contributed by atoms with E-state index in [9.17, 15) is 0 Å². The molecule has 0 amide bonds. The van der Waals surface area contributed by atoms with Crippen molar-refractivity contribution in [3.63, 3.8) is 0 Å². The zero-order valence-electron chi connectivity index (χ0n) is 14.6. The first-order valence-electron chi connectivity index (χ1n) is 8.74. The third-order valence-corrected chi connectivity index (χ3v) is 4.51. The molecule has 0 N–H and O–H groups in total. The Kier molecular flexibility index (Phi) is 6.24. The number of hydrogen-bond acceptors (Lipinski definition) is 0. The fraction of sp³-hybridized carbons (Fsp3) is 0.455. The quantitative estimate of drug-likeness (QED) is 0.593. The molecule has 0 bridgehead atoms. The smallest absolute Gasteiger partial charge is 0.0219 e. The predicted octanol–water partition coefficient (Wildman–Crippen LogP) is 6.50. The van der Waals surface area contributed by atoms with Crippen LogP contribution >= 0.6 is 0 Å². The molecule has 0 saturated heterocycles. The average Bonchev–Trinajstić information content (AvgIpc) is 2.55. The highest BCUT2D eigenvalue weighted by atomic mass is 14.1. The van der Waals surface area contributed by atoms with Crippen LogP contribution in [0.3, 0.4) is 0 Å². The van der Waals surface area contributed by atoms with Crippen molar-refractivity contribution in [1.82, 2.24) is 0 Å². The number of rotatable bonds is 2. The molecule has 0 unspecified atom stereocenters. The van der Waals surface area contributed by atoms with Crippen molar-refractivity contribution in [2.24, 2.45) is 0 Å². The number of hydrogen-bond donors (Lipinski definition) is 0. The second kappa shape index (κ2) is 8.17. The Morgan fingerprint density at radius 3 is 1.77 bits per heavy atom. The van der Waals surface area contributed by atoms with E-state index in [1.807, 2.05) is 6.07 Å². The van der Waals surface area contributed by atoms with E-state index >= 15 is 0 Å². The first-order chi connectivity index (χ1) is 10.6. The van der Waals surface area contributed by atoms with E-state index < -0.39 is 0 Å². The third-order valence-electron chi connectivity index (χ3n) is 4.51. The van der Waals surface area contributed by atoms with Gasteiger partial charge in [-0.25, -0.2) is 0 Å². The van der Waals surface area contributed by atoms with Crippen LogP contribution in [0.4, 0.5) is 0 Å². The van der Waals surface area contributed by atoms with Crippen LogP contribution in [-0.2, 0) is 12.8 Å². The Bertz CT molecular complexity index is 564. The van der Waals surface area contributed by atoms with Crippen LogP contribution in [0.5, 0.6) is 0 Å². The zero-order valence-corrected chi connectivity index (χ0v) is 14.6. The van der Waals surface area contributed by atoms with Crippen LogP contribution in [-0.4, -0.2) is 0 Å². The predicted molar refractivity (Wildman–Crippen MR) is 97.7 cm³/mol. The summed E-state index contributed by atoms with van der Waals surface area (Å²) in [5.74, 6) is 1.33. The SMILES string of the molecule is CC(C)c1ccc2c(c1)CCCC2.CC(C)c1ccccc1. The molecule has 2 aromatic carbocycles. The highest BCUT2D eigenvalue weighted by molar-refractivity contribution is 5.34. The third kappa shape index (κ3) is 4.73. The minimum Gasteiger partial charge on any atom is -0.0622 e. The second-order valence-corrected chi connectivity index (χ2v) is 6.96. The summed E-state index contributed by atoms with van der Waals surface area (Å²) in [7, 11) is 0. The first kappa shape index (κ1) is 16.8. The molecule has 1 aliphatic carbocycles. The van der Waals surface area contributed by atoms with Gasteiger partial charge in [0.25, 0.3) is 0 Å². The average molecular weight is 294 g/mol. The van der Waals surface area contributed by atoms with Crippen molar-refractivity contribution in [2.75, 3.05) is 0 Å². The Morgan fingerprint density at radius 1 is 0.636 bits per heavy atom. The topological polar surface area (TPSA) is 0 Å². The monoisotopic (exact) mass is 294 g/mol. The van der Waals surface area contributed by atoms with Gasteiger partial charge in [0.15, 0.2) is 0 Å². The molecule has 1 aliphatic rings. The number of benzene rings is 2. The van der Waals surface area contributed by atoms with E-state index in [4.69, 9.17) is 0 Å². The standard InChI is InChI=1S/C13H18.C9H12/c1-10(2)12-8-7-11-5-3-4-6-13(11)9-12;1-8(2)9-6-4-3-5-7-9/h7-10H,3-6H2,1-2H3;3-8H,1-2H3. The lowest BCUT2D eigenvalue weighted by Crippen LogP contribution is -2.03. The van der Waals surface area contributed by atoms with Gasteiger partial charge in [-0.2, -0.15) is 0 Å². The number of fused-ring (bicyclic) bond motifs is 1. The fourth-order valence-electron chi connectivity index (χ4n) is 2.95. The van der Waals surface area contributed by atoms with Crippen molar-refractivity contribution in [1.29, 1.82) is 0 Å². The van der Waals surface area contributed by atoms with E-state index in [2.05, 4.69) is 70.2 Å². The molecule has 118 valence electrons. The van der Waals surface area contributed by atoms with Gasteiger partial charge >= 0.3 is 0 Å². The minimum atomic E-state index is 0.659. The van der Waals surface area contributed by atoms with Crippen LogP contribution < -0.4 is 0 Å². The molecule has 0 heteroatoms. The van der Waals surface area contributed by atoms with Crippen molar-refractivity contribution in [2.45, 2.75) is 65.2 Å². The van der Waals surface area contributed by atoms with Gasteiger partial charge < -0.3 is 0 Å². The molecule has 0 nitrogen and oxygen atoms in total. The molecule has 0 atom stereocenters. The summed E-state index contributed by atoms with van der Waals surface area (Å²) in [5.41, 5.74) is 6.12. The Balaban J connectivity index is 0.000000172. The molecule has 0 aliphatic heterocycles. The lowest BCUT2D eigenvalue weighted by molar-refractivity contribution is 0.682. The number of aryl methyl sites for hydroxylation is 2. The van der Waals surface area contributed by atoms with Gasteiger partial charge in [-0.05, 0) is 59.8 Å². The van der Waals surface area contributed by atoms with E-state index in [0.29, 0.717) is 11.8 Å². The summed E-state index contributed by atoms with van der Waals surface area (Å²) in [5, 5.41) is 0. The van der Waals surface area contributed by atoms with Gasteiger partial charge in [0.2, 0.25) is 0 Å². The van der Waals surface area contributed by atoms with E-state index in [0.717, 1.165) is 0 Å². The normalized spacial score (nSPS) is 13.5. The maximum absolute atomic E-state index is 2.42. The Hall–Kier alpha value is -1.56. The molecule has 0 spiro atoms. The zero-order chi connectivity index (χ0) is 15.9. The molecule has 0 saturated carbocycles. The maximum atomic E-state index is 2.42. The van der Waals surface area contributed by atoms with Crippen molar-refractivity contribution in [3.8, 4) is 0 Å². The lowest BCUT2D eigenvalue weighted by atomic mass is 9.88. The molecule has 0 fully saturated rings. The summed E-state index contributed by atoms with van der Waals surface area (Å²) in [6.45, 7) is 8.94. The summed E-state index contributed by atoms with van der Waals surface area (Å²) >= 11 is 0. The molecular weight excluding hydrogens is 264 g/mol. The summed E-state index contributed by atoms with van der Waals surface area (Å²) in [6, 6.07) is 17.6. The van der Waals surface area contributed by atoms with E-state index in [1.54, 1.807) is 11.1 Å². The van der Waals surface area contributed by atoms with Gasteiger partial charge in [-0.3, -0.25) is 0 Å². The molecule has 3 rings (SSSR count). The lowest BCUT2D eigenvalue weighted by Gasteiger charge is -2.17. The minimum absolute atomic E-state index is 0.659. The van der Waals surface area contributed by atoms with Crippen LogP contribution in [0.2, 0.25) is 0 Å². The van der Waals surface area contributed by atoms with Gasteiger partial charge in [0.05, 0.1) is 0 Å². The van der Waals surface area contributed by atoms with E-state index in [-0.39, 0.29) is 0 Å². The second-order valence-electron chi connectivity index (χ2n) is 6.96. The largest absolute Gasteiger partial charge is 0.0622 e. The molecule has 0 radical (unpaired) electrons. The van der Waals surface area contributed by atoms with Gasteiger partial charge in [-0.15, -0.1) is 0 Å². The van der Waals surface area contributed by atoms with Gasteiger partial charge in [0.1, 0.15) is 0 Å². The molecular formula is C22H30. The van der Waals surface area contributed by atoms with Crippen molar-refractivity contribution in [3.05, 3.63) is 70.8 Å². The molecule has 22 heavy (non-hydrogen) atoms. The maximum Gasteiger partial charge on any atom is -0.0219 e. The molecule has 2 aromatic rings. The van der Waals surface area contributed by atoms with Crippen LogP contribution in [0.15, 0.2) is 48.5 Å². The van der Waals surface area contributed by atoms with Crippen molar-refractivity contribution < 1.29 is 0 Å². The highest BCUT2D eigenvalue weighted by Crippen LogP contribution is 2.25.